The second-order valence-electron chi connectivity index (χ2n) is 4.46. The molecule has 0 spiro atoms. The molecule has 0 aliphatic carbocycles. The molecule has 1 aromatic rings. The highest BCUT2D eigenvalue weighted by Crippen LogP contribution is 2.06. The highest BCUT2D eigenvalue weighted by Gasteiger charge is 2.19. The van der Waals surface area contributed by atoms with Gasteiger partial charge in [0.1, 0.15) is 11.5 Å². The monoisotopic (exact) mass is 280 g/mol. The molecule has 1 aromatic heterocycles. The number of ether oxygens (including phenoxy) is 2. The number of aromatic nitrogens is 2. The Hall–Kier alpha value is -1.73. The Kier molecular flexibility index (Phi) is 5.69. The second kappa shape index (κ2) is 7.76. The molecule has 1 aliphatic heterocycles. The van der Waals surface area contributed by atoms with Gasteiger partial charge in [0.05, 0.1) is 25.6 Å². The summed E-state index contributed by atoms with van der Waals surface area (Å²) >= 11 is 0. The van der Waals surface area contributed by atoms with Crippen LogP contribution in [-0.4, -0.2) is 67.3 Å². The van der Waals surface area contributed by atoms with Crippen molar-refractivity contribution < 1.29 is 14.3 Å². The summed E-state index contributed by atoms with van der Waals surface area (Å²) < 4.78 is 10.2. The third kappa shape index (κ3) is 4.14. The molecule has 0 unspecified atom stereocenters. The fourth-order valence-corrected chi connectivity index (χ4v) is 1.89. The number of amides is 1. The molecule has 2 heterocycles. The zero-order chi connectivity index (χ0) is 14.2. The van der Waals surface area contributed by atoms with Crippen LogP contribution in [0, 0.1) is 0 Å². The van der Waals surface area contributed by atoms with Gasteiger partial charge < -0.3 is 19.7 Å². The first-order chi connectivity index (χ1) is 9.81. The van der Waals surface area contributed by atoms with E-state index in [2.05, 4.69) is 15.3 Å². The molecular formula is C13H20N4O3. The van der Waals surface area contributed by atoms with Gasteiger partial charge in [0.25, 0.3) is 5.91 Å². The minimum absolute atomic E-state index is 0.0910. The normalized spacial score (nSPS) is 15.2. The van der Waals surface area contributed by atoms with E-state index in [0.29, 0.717) is 44.4 Å². The molecule has 1 saturated heterocycles. The third-order valence-corrected chi connectivity index (χ3v) is 3.00. The molecule has 2 rings (SSSR count). The van der Waals surface area contributed by atoms with Crippen molar-refractivity contribution in [2.45, 2.75) is 6.42 Å². The van der Waals surface area contributed by atoms with Crippen LogP contribution in [0.25, 0.3) is 0 Å². The zero-order valence-electron chi connectivity index (χ0n) is 11.7. The maximum Gasteiger partial charge on any atom is 0.274 e. The van der Waals surface area contributed by atoms with E-state index in [0.717, 1.165) is 13.0 Å². The molecular weight excluding hydrogens is 260 g/mol. The van der Waals surface area contributed by atoms with Gasteiger partial charge in [-0.2, -0.15) is 0 Å². The number of anilines is 1. The SMILES string of the molecule is COCCCNc1cnc(C(=O)N2CCOCC2)cn1. The van der Waals surface area contributed by atoms with Gasteiger partial charge in [0.15, 0.2) is 0 Å². The number of hydrogen-bond acceptors (Lipinski definition) is 6. The number of carbonyl (C=O) groups is 1. The maximum absolute atomic E-state index is 12.1. The summed E-state index contributed by atoms with van der Waals surface area (Å²) in [6.07, 6.45) is 3.99. The van der Waals surface area contributed by atoms with Crippen LogP contribution in [0.3, 0.4) is 0 Å². The van der Waals surface area contributed by atoms with Crippen LogP contribution in [0.5, 0.6) is 0 Å². The average molecular weight is 280 g/mol. The largest absolute Gasteiger partial charge is 0.385 e. The molecule has 20 heavy (non-hydrogen) atoms. The van der Waals surface area contributed by atoms with Crippen molar-refractivity contribution in [3.05, 3.63) is 18.1 Å². The van der Waals surface area contributed by atoms with Gasteiger partial charge >= 0.3 is 0 Å². The third-order valence-electron chi connectivity index (χ3n) is 3.00. The van der Waals surface area contributed by atoms with Gasteiger partial charge in [0, 0.05) is 33.4 Å². The minimum Gasteiger partial charge on any atom is -0.385 e. The predicted octanol–water partition coefficient (Wildman–Crippen LogP) is 0.397. The summed E-state index contributed by atoms with van der Waals surface area (Å²) in [6, 6.07) is 0. The van der Waals surface area contributed by atoms with Crippen molar-refractivity contribution >= 4 is 11.7 Å². The fraction of sp³-hybridized carbons (Fsp3) is 0.615. The quantitative estimate of drug-likeness (QED) is 0.760. The number of methoxy groups -OCH3 is 1. The van der Waals surface area contributed by atoms with Gasteiger partial charge in [0.2, 0.25) is 0 Å². The van der Waals surface area contributed by atoms with Crippen LogP contribution in [0.15, 0.2) is 12.4 Å². The summed E-state index contributed by atoms with van der Waals surface area (Å²) in [5.74, 6) is 0.575. The van der Waals surface area contributed by atoms with Gasteiger partial charge in [-0.3, -0.25) is 4.79 Å². The molecule has 110 valence electrons. The zero-order valence-corrected chi connectivity index (χ0v) is 11.7. The molecule has 0 saturated carbocycles. The van der Waals surface area contributed by atoms with Crippen LogP contribution in [0.2, 0.25) is 0 Å². The molecule has 1 N–H and O–H groups in total. The summed E-state index contributed by atoms with van der Waals surface area (Å²) in [5.41, 5.74) is 0.370. The highest BCUT2D eigenvalue weighted by atomic mass is 16.5. The fourth-order valence-electron chi connectivity index (χ4n) is 1.89. The summed E-state index contributed by atoms with van der Waals surface area (Å²) in [6.45, 7) is 3.85. The first-order valence-corrected chi connectivity index (χ1v) is 6.73. The van der Waals surface area contributed by atoms with Gasteiger partial charge in [-0.05, 0) is 6.42 Å². The van der Waals surface area contributed by atoms with Crippen LogP contribution in [-0.2, 0) is 9.47 Å². The maximum atomic E-state index is 12.1. The molecule has 7 nitrogen and oxygen atoms in total. The number of nitrogens with one attached hydrogen (secondary N) is 1. The van der Waals surface area contributed by atoms with Crippen LogP contribution >= 0.6 is 0 Å². The van der Waals surface area contributed by atoms with Crippen molar-refractivity contribution in [3.63, 3.8) is 0 Å². The van der Waals surface area contributed by atoms with E-state index in [1.807, 2.05) is 0 Å². The van der Waals surface area contributed by atoms with Gasteiger partial charge in [-0.25, -0.2) is 9.97 Å². The molecule has 0 radical (unpaired) electrons. The number of nitrogens with zero attached hydrogens (tertiary/aromatic N) is 3. The molecule has 0 bridgehead atoms. The number of rotatable bonds is 6. The van der Waals surface area contributed by atoms with Crippen molar-refractivity contribution in [3.8, 4) is 0 Å². The number of hydrogen-bond donors (Lipinski definition) is 1. The molecule has 1 fully saturated rings. The summed E-state index contributed by atoms with van der Waals surface area (Å²) in [4.78, 5) is 22.2. The first kappa shape index (κ1) is 14.7. The number of morpholine rings is 1. The topological polar surface area (TPSA) is 76.6 Å². The Bertz CT molecular complexity index is 418. The smallest absolute Gasteiger partial charge is 0.274 e. The lowest BCUT2D eigenvalue weighted by atomic mass is 10.3. The van der Waals surface area contributed by atoms with Gasteiger partial charge in [-0.1, -0.05) is 0 Å². The Morgan fingerprint density at radius 3 is 2.85 bits per heavy atom. The molecule has 7 heteroatoms. The Balaban J connectivity index is 1.85. The summed E-state index contributed by atoms with van der Waals surface area (Å²) in [7, 11) is 1.67. The number of carbonyl (C=O) groups excluding carboxylic acids is 1. The van der Waals surface area contributed by atoms with E-state index >= 15 is 0 Å². The highest BCUT2D eigenvalue weighted by molar-refractivity contribution is 5.92. The van der Waals surface area contributed by atoms with Crippen molar-refractivity contribution in [1.82, 2.24) is 14.9 Å². The van der Waals surface area contributed by atoms with E-state index in [9.17, 15) is 4.79 Å². The first-order valence-electron chi connectivity index (χ1n) is 6.73. The second-order valence-corrected chi connectivity index (χ2v) is 4.46. The summed E-state index contributed by atoms with van der Waals surface area (Å²) in [5, 5.41) is 3.13. The van der Waals surface area contributed by atoms with E-state index in [1.165, 1.54) is 6.20 Å². The van der Waals surface area contributed by atoms with Crippen LogP contribution in [0.4, 0.5) is 5.82 Å². The standard InChI is InChI=1S/C13H20N4O3/c1-19-6-2-3-14-12-10-15-11(9-16-12)13(18)17-4-7-20-8-5-17/h9-10H,2-8H2,1H3,(H,14,16). The molecule has 0 aromatic carbocycles. The lowest BCUT2D eigenvalue weighted by Crippen LogP contribution is -2.41. The van der Waals surface area contributed by atoms with Crippen molar-refractivity contribution in [1.29, 1.82) is 0 Å². The Morgan fingerprint density at radius 2 is 2.20 bits per heavy atom. The predicted molar refractivity (Wildman–Crippen MR) is 73.7 cm³/mol. The van der Waals surface area contributed by atoms with E-state index in [-0.39, 0.29) is 5.91 Å². The van der Waals surface area contributed by atoms with Crippen LogP contribution in [0.1, 0.15) is 16.9 Å². The molecule has 1 aliphatic rings. The average Bonchev–Trinajstić information content (AvgIpc) is 2.52. The minimum atomic E-state index is -0.0910. The molecule has 1 amide bonds. The Labute approximate surface area is 118 Å². The van der Waals surface area contributed by atoms with Crippen LogP contribution < -0.4 is 5.32 Å². The van der Waals surface area contributed by atoms with Crippen molar-refractivity contribution in [2.24, 2.45) is 0 Å². The van der Waals surface area contributed by atoms with Gasteiger partial charge in [-0.15, -0.1) is 0 Å². The Morgan fingerprint density at radius 1 is 1.40 bits per heavy atom. The van der Waals surface area contributed by atoms with Crippen molar-refractivity contribution in [2.75, 3.05) is 51.9 Å². The van der Waals surface area contributed by atoms with E-state index in [1.54, 1.807) is 18.2 Å². The van der Waals surface area contributed by atoms with E-state index < -0.39 is 0 Å². The van der Waals surface area contributed by atoms with E-state index in [4.69, 9.17) is 9.47 Å². The lowest BCUT2D eigenvalue weighted by molar-refractivity contribution is 0.0298. The lowest BCUT2D eigenvalue weighted by Gasteiger charge is -2.26. The molecule has 0 atom stereocenters.